The maximum atomic E-state index is 12.6. The van der Waals surface area contributed by atoms with E-state index >= 15 is 0 Å². The highest BCUT2D eigenvalue weighted by atomic mass is 16.4. The fraction of sp³-hybridized carbons (Fsp3) is 0.238. The second-order valence-corrected chi connectivity index (χ2v) is 7.30. The van der Waals surface area contributed by atoms with Crippen LogP contribution in [0.4, 0.5) is 5.69 Å². The van der Waals surface area contributed by atoms with E-state index in [0.29, 0.717) is 34.7 Å². The Morgan fingerprint density at radius 1 is 1.07 bits per heavy atom. The summed E-state index contributed by atoms with van der Waals surface area (Å²) in [6.45, 7) is 2.02. The summed E-state index contributed by atoms with van der Waals surface area (Å²) < 4.78 is 11.4. The molecule has 6 rings (SSSR count). The van der Waals surface area contributed by atoms with Crippen LogP contribution < -0.4 is 15.8 Å². The molecule has 2 saturated heterocycles. The van der Waals surface area contributed by atoms with Crippen molar-refractivity contribution >= 4 is 27.8 Å². The fourth-order valence-electron chi connectivity index (χ4n) is 4.29. The number of anilines is 1. The van der Waals surface area contributed by atoms with Gasteiger partial charge in [-0.25, -0.2) is 9.78 Å². The van der Waals surface area contributed by atoms with E-state index in [1.165, 1.54) is 6.42 Å². The van der Waals surface area contributed by atoms with Gasteiger partial charge in [0, 0.05) is 42.3 Å². The molecule has 6 heteroatoms. The van der Waals surface area contributed by atoms with Gasteiger partial charge in [-0.05, 0) is 36.8 Å². The molecule has 2 atom stereocenters. The zero-order valence-corrected chi connectivity index (χ0v) is 14.5. The Balaban J connectivity index is 1.44. The first kappa shape index (κ1) is 15.0. The molecular weight excluding hydrogens is 342 g/mol. The minimum Gasteiger partial charge on any atom is -0.436 e. The molecule has 27 heavy (non-hydrogen) atoms. The van der Waals surface area contributed by atoms with E-state index in [0.717, 1.165) is 29.7 Å². The normalized spacial score (nSPS) is 21.6. The number of piperazine rings is 1. The number of hydrogen-bond donors (Lipinski definition) is 1. The molecule has 2 aliphatic rings. The monoisotopic (exact) mass is 359 g/mol. The molecule has 2 unspecified atom stereocenters. The maximum absolute atomic E-state index is 12.6. The average molecular weight is 359 g/mol. The molecule has 1 N–H and O–H groups in total. The van der Waals surface area contributed by atoms with E-state index in [1.54, 1.807) is 6.07 Å². The molecule has 2 aromatic carbocycles. The first-order valence-corrected chi connectivity index (χ1v) is 9.18. The summed E-state index contributed by atoms with van der Waals surface area (Å²) in [4.78, 5) is 19.4. The van der Waals surface area contributed by atoms with Gasteiger partial charge in [-0.1, -0.05) is 12.1 Å². The van der Waals surface area contributed by atoms with Crippen molar-refractivity contribution in [3.8, 4) is 11.5 Å². The summed E-state index contributed by atoms with van der Waals surface area (Å²) in [6, 6.07) is 16.4. The highest BCUT2D eigenvalue weighted by Gasteiger charge is 2.37. The molecule has 0 spiro atoms. The smallest absolute Gasteiger partial charge is 0.349 e. The van der Waals surface area contributed by atoms with Crippen LogP contribution in [-0.4, -0.2) is 30.2 Å². The molecule has 0 saturated carbocycles. The molecule has 0 amide bonds. The molecular formula is C21H17N3O3. The molecule has 6 nitrogen and oxygen atoms in total. The third-order valence-electron chi connectivity index (χ3n) is 5.63. The highest BCUT2D eigenvalue weighted by Crippen LogP contribution is 2.32. The summed E-state index contributed by atoms with van der Waals surface area (Å²) in [5.41, 5.74) is 2.98. The van der Waals surface area contributed by atoms with Crippen LogP contribution in [0.5, 0.6) is 0 Å². The predicted molar refractivity (Wildman–Crippen MR) is 103 cm³/mol. The van der Waals surface area contributed by atoms with Crippen molar-refractivity contribution in [2.75, 3.05) is 18.0 Å². The van der Waals surface area contributed by atoms with Gasteiger partial charge in [0.05, 0.1) is 0 Å². The second-order valence-electron chi connectivity index (χ2n) is 7.30. The molecule has 2 fully saturated rings. The quantitative estimate of drug-likeness (QED) is 0.555. The SMILES string of the molecule is O=c1oc2cc(N3CC4CC3CN4)ccc2cc1-c1nc2ccccc2o1. The van der Waals surface area contributed by atoms with Crippen LogP contribution in [0, 0.1) is 0 Å². The molecule has 0 radical (unpaired) electrons. The molecule has 2 aromatic heterocycles. The van der Waals surface area contributed by atoms with Gasteiger partial charge in [0.15, 0.2) is 5.58 Å². The highest BCUT2D eigenvalue weighted by molar-refractivity contribution is 5.84. The molecule has 2 aliphatic heterocycles. The zero-order valence-electron chi connectivity index (χ0n) is 14.5. The second kappa shape index (κ2) is 5.44. The van der Waals surface area contributed by atoms with E-state index in [2.05, 4.69) is 21.3 Å². The van der Waals surface area contributed by atoms with Crippen LogP contribution >= 0.6 is 0 Å². The molecule has 2 bridgehead atoms. The van der Waals surface area contributed by atoms with E-state index in [1.807, 2.05) is 36.4 Å². The summed E-state index contributed by atoms with van der Waals surface area (Å²) in [7, 11) is 0. The summed E-state index contributed by atoms with van der Waals surface area (Å²) in [6.07, 6.45) is 1.18. The Morgan fingerprint density at radius 3 is 2.81 bits per heavy atom. The van der Waals surface area contributed by atoms with Crippen molar-refractivity contribution in [1.29, 1.82) is 0 Å². The average Bonchev–Trinajstić information content (AvgIpc) is 3.41. The number of para-hydroxylation sites is 2. The Bertz CT molecular complexity index is 1210. The Morgan fingerprint density at radius 2 is 2.00 bits per heavy atom. The van der Waals surface area contributed by atoms with E-state index < -0.39 is 5.63 Å². The van der Waals surface area contributed by atoms with Crippen molar-refractivity contribution < 1.29 is 8.83 Å². The van der Waals surface area contributed by atoms with Crippen LogP contribution in [0.15, 0.2) is 62.2 Å². The van der Waals surface area contributed by atoms with Crippen LogP contribution in [-0.2, 0) is 0 Å². The number of hydrogen-bond acceptors (Lipinski definition) is 6. The van der Waals surface area contributed by atoms with Crippen LogP contribution in [0.2, 0.25) is 0 Å². The lowest BCUT2D eigenvalue weighted by Gasteiger charge is -2.29. The van der Waals surface area contributed by atoms with Crippen LogP contribution in [0.25, 0.3) is 33.5 Å². The molecule has 4 aromatic rings. The van der Waals surface area contributed by atoms with Gasteiger partial charge in [-0.2, -0.15) is 0 Å². The number of rotatable bonds is 2. The van der Waals surface area contributed by atoms with Crippen molar-refractivity contribution in [2.24, 2.45) is 0 Å². The summed E-state index contributed by atoms with van der Waals surface area (Å²) in [5.74, 6) is 0.291. The molecule has 4 heterocycles. The minimum absolute atomic E-state index is 0.291. The van der Waals surface area contributed by atoms with Crippen molar-refractivity contribution in [3.05, 3.63) is 59.0 Å². The fourth-order valence-corrected chi connectivity index (χ4v) is 4.29. The lowest BCUT2D eigenvalue weighted by atomic mass is 10.1. The van der Waals surface area contributed by atoms with Gasteiger partial charge >= 0.3 is 5.63 Å². The number of aromatic nitrogens is 1. The van der Waals surface area contributed by atoms with E-state index in [-0.39, 0.29) is 0 Å². The van der Waals surface area contributed by atoms with Gasteiger partial charge < -0.3 is 19.1 Å². The zero-order chi connectivity index (χ0) is 18.0. The lowest BCUT2D eigenvalue weighted by Crippen LogP contribution is -2.43. The van der Waals surface area contributed by atoms with E-state index in [4.69, 9.17) is 8.83 Å². The lowest BCUT2D eigenvalue weighted by molar-refractivity contribution is 0.552. The Hall–Kier alpha value is -3.12. The number of benzene rings is 2. The first-order valence-electron chi connectivity index (χ1n) is 9.18. The predicted octanol–water partition coefficient (Wildman–Crippen LogP) is 3.15. The number of nitrogens with zero attached hydrogens (tertiary/aromatic N) is 2. The van der Waals surface area contributed by atoms with Gasteiger partial charge in [-0.15, -0.1) is 0 Å². The van der Waals surface area contributed by atoms with E-state index in [9.17, 15) is 4.79 Å². The van der Waals surface area contributed by atoms with Crippen molar-refractivity contribution in [1.82, 2.24) is 10.3 Å². The standard InChI is InChI=1S/C21H17N3O3/c25-21-16(20-23-17-3-1-2-4-18(17)26-20)7-12-5-6-14(9-19(12)27-21)24-11-13-8-15(24)10-22-13/h1-7,9,13,15,22H,8,10-11H2. The first-order chi connectivity index (χ1) is 13.2. The molecule has 134 valence electrons. The largest absolute Gasteiger partial charge is 0.436 e. The number of oxazole rings is 1. The number of nitrogens with one attached hydrogen (secondary N) is 1. The topological polar surface area (TPSA) is 71.5 Å². The van der Waals surface area contributed by atoms with Gasteiger partial charge in [-0.3, -0.25) is 0 Å². The van der Waals surface area contributed by atoms with Crippen LogP contribution in [0.1, 0.15) is 6.42 Å². The third kappa shape index (κ3) is 2.30. The van der Waals surface area contributed by atoms with Gasteiger partial charge in [0.25, 0.3) is 0 Å². The van der Waals surface area contributed by atoms with Crippen LogP contribution in [0.3, 0.4) is 0 Å². The summed E-state index contributed by atoms with van der Waals surface area (Å²) in [5, 5.41) is 4.37. The van der Waals surface area contributed by atoms with Gasteiger partial charge in [0.1, 0.15) is 16.7 Å². The Kier molecular flexibility index (Phi) is 3.02. The van der Waals surface area contributed by atoms with Crippen molar-refractivity contribution in [3.63, 3.8) is 0 Å². The Labute approximate surface area is 154 Å². The third-order valence-corrected chi connectivity index (χ3v) is 5.63. The summed E-state index contributed by atoms with van der Waals surface area (Å²) >= 11 is 0. The van der Waals surface area contributed by atoms with Gasteiger partial charge in [0.2, 0.25) is 5.89 Å². The number of fused-ring (bicyclic) bond motifs is 4. The minimum atomic E-state index is -0.434. The van der Waals surface area contributed by atoms with Crippen molar-refractivity contribution in [2.45, 2.75) is 18.5 Å². The maximum Gasteiger partial charge on any atom is 0.349 e. The molecule has 0 aliphatic carbocycles.